The van der Waals surface area contributed by atoms with Crippen molar-refractivity contribution in [1.82, 2.24) is 5.01 Å². The van der Waals surface area contributed by atoms with E-state index in [1.165, 1.54) is 0 Å². The molecule has 6 heteroatoms. The molecule has 0 bridgehead atoms. The van der Waals surface area contributed by atoms with Gasteiger partial charge in [-0.1, -0.05) is 6.92 Å². The van der Waals surface area contributed by atoms with Crippen molar-refractivity contribution in [2.45, 2.75) is 45.8 Å². The lowest BCUT2D eigenvalue weighted by Gasteiger charge is -2.27. The average Bonchev–Trinajstić information content (AvgIpc) is 2.01. The van der Waals surface area contributed by atoms with Gasteiger partial charge >= 0.3 is 12.1 Å². The first kappa shape index (κ1) is 13.7. The Kier molecular flexibility index (Phi) is 4.54. The maximum absolute atomic E-state index is 11.4. The Hall–Kier alpha value is -1.30. The van der Waals surface area contributed by atoms with E-state index in [2.05, 4.69) is 0 Å². The summed E-state index contributed by atoms with van der Waals surface area (Å²) in [4.78, 5) is 22.1. The molecule has 15 heavy (non-hydrogen) atoms. The molecule has 1 unspecified atom stereocenters. The van der Waals surface area contributed by atoms with E-state index in [9.17, 15) is 9.59 Å². The Morgan fingerprint density at radius 1 is 1.47 bits per heavy atom. The summed E-state index contributed by atoms with van der Waals surface area (Å²) in [6.07, 6.45) is -0.609. The predicted octanol–water partition coefficient (Wildman–Crippen LogP) is 0.960. The Balaban J connectivity index is 4.49. The standard InChI is InChI=1S/C9H18N2O4/c1-5-6(7(12)13)11(10)8(14)15-9(2,3)4/h6H,5,10H2,1-4H3,(H,12,13). The number of amides is 1. The highest BCUT2D eigenvalue weighted by Gasteiger charge is 2.29. The molecule has 0 aromatic rings. The number of nitrogens with zero attached hydrogens (tertiary/aromatic N) is 1. The number of nitrogens with two attached hydrogens (primary N) is 1. The van der Waals surface area contributed by atoms with Crippen molar-refractivity contribution in [2.24, 2.45) is 5.84 Å². The van der Waals surface area contributed by atoms with Crippen LogP contribution in [0.3, 0.4) is 0 Å². The third-order valence-electron chi connectivity index (χ3n) is 1.61. The summed E-state index contributed by atoms with van der Waals surface area (Å²) in [7, 11) is 0. The van der Waals surface area contributed by atoms with Gasteiger partial charge in [0.1, 0.15) is 11.6 Å². The van der Waals surface area contributed by atoms with Crippen LogP contribution in [0.15, 0.2) is 0 Å². The summed E-state index contributed by atoms with van der Waals surface area (Å²) < 4.78 is 4.93. The first-order valence-electron chi connectivity index (χ1n) is 4.68. The smallest absolute Gasteiger partial charge is 0.425 e. The Morgan fingerprint density at radius 2 is 1.93 bits per heavy atom. The lowest BCUT2D eigenvalue weighted by Crippen LogP contribution is -2.51. The molecule has 0 fully saturated rings. The number of hydrogen-bond donors (Lipinski definition) is 2. The van der Waals surface area contributed by atoms with Gasteiger partial charge in [-0.15, -0.1) is 0 Å². The molecule has 0 rings (SSSR count). The number of carbonyl (C=O) groups excluding carboxylic acids is 1. The second-order valence-electron chi connectivity index (χ2n) is 4.15. The molecule has 0 aliphatic carbocycles. The second-order valence-corrected chi connectivity index (χ2v) is 4.15. The Bertz CT molecular complexity index is 247. The van der Waals surface area contributed by atoms with Crippen molar-refractivity contribution in [3.05, 3.63) is 0 Å². The molecule has 0 saturated carbocycles. The topological polar surface area (TPSA) is 92.9 Å². The molecule has 0 aromatic heterocycles. The molecule has 6 nitrogen and oxygen atoms in total. The monoisotopic (exact) mass is 218 g/mol. The van der Waals surface area contributed by atoms with Gasteiger partial charge in [0.15, 0.2) is 0 Å². The SMILES string of the molecule is CCC(C(=O)O)N(N)C(=O)OC(C)(C)C. The van der Waals surface area contributed by atoms with E-state index in [0.29, 0.717) is 5.01 Å². The van der Waals surface area contributed by atoms with Crippen LogP contribution < -0.4 is 5.84 Å². The van der Waals surface area contributed by atoms with Crippen LogP contribution in [-0.4, -0.2) is 33.8 Å². The molecular weight excluding hydrogens is 200 g/mol. The maximum atomic E-state index is 11.4. The van der Waals surface area contributed by atoms with Crippen LogP contribution in [-0.2, 0) is 9.53 Å². The van der Waals surface area contributed by atoms with E-state index < -0.39 is 23.7 Å². The number of carbonyl (C=O) groups is 2. The van der Waals surface area contributed by atoms with E-state index in [0.717, 1.165) is 0 Å². The lowest BCUT2D eigenvalue weighted by atomic mass is 10.2. The highest BCUT2D eigenvalue weighted by atomic mass is 16.6. The van der Waals surface area contributed by atoms with Crippen molar-refractivity contribution < 1.29 is 19.4 Å². The van der Waals surface area contributed by atoms with Gasteiger partial charge in [-0.25, -0.2) is 20.4 Å². The molecular formula is C9H18N2O4. The summed E-state index contributed by atoms with van der Waals surface area (Å²) in [5.41, 5.74) is -0.689. The van der Waals surface area contributed by atoms with Gasteiger partial charge in [-0.05, 0) is 27.2 Å². The lowest BCUT2D eigenvalue weighted by molar-refractivity contribution is -0.143. The van der Waals surface area contributed by atoms with Crippen molar-refractivity contribution in [3.63, 3.8) is 0 Å². The third-order valence-corrected chi connectivity index (χ3v) is 1.61. The number of hydrogen-bond acceptors (Lipinski definition) is 4. The summed E-state index contributed by atoms with van der Waals surface area (Å²) in [5, 5.41) is 9.37. The zero-order valence-corrected chi connectivity index (χ0v) is 9.48. The average molecular weight is 218 g/mol. The van der Waals surface area contributed by atoms with E-state index in [1.807, 2.05) is 0 Å². The minimum atomic E-state index is -1.15. The Morgan fingerprint density at radius 3 is 2.20 bits per heavy atom. The third kappa shape index (κ3) is 4.64. The molecule has 1 amide bonds. The van der Waals surface area contributed by atoms with Crippen LogP contribution >= 0.6 is 0 Å². The minimum Gasteiger partial charge on any atom is -0.480 e. The summed E-state index contributed by atoms with van der Waals surface area (Å²) in [6.45, 7) is 6.67. The highest BCUT2D eigenvalue weighted by molar-refractivity contribution is 5.79. The van der Waals surface area contributed by atoms with Gasteiger partial charge in [0.25, 0.3) is 0 Å². The number of hydrazine groups is 1. The molecule has 0 aliphatic rings. The molecule has 0 saturated heterocycles. The van der Waals surface area contributed by atoms with Gasteiger partial charge in [-0.3, -0.25) is 0 Å². The highest BCUT2D eigenvalue weighted by Crippen LogP contribution is 2.10. The van der Waals surface area contributed by atoms with Gasteiger partial charge < -0.3 is 9.84 Å². The first-order valence-corrected chi connectivity index (χ1v) is 4.68. The molecule has 0 aliphatic heterocycles. The minimum absolute atomic E-state index is 0.227. The fraction of sp³-hybridized carbons (Fsp3) is 0.778. The van der Waals surface area contributed by atoms with Crippen LogP contribution in [0.2, 0.25) is 0 Å². The van der Waals surface area contributed by atoms with Crippen molar-refractivity contribution in [3.8, 4) is 0 Å². The normalized spacial score (nSPS) is 13.1. The molecule has 0 radical (unpaired) electrons. The molecule has 88 valence electrons. The van der Waals surface area contributed by atoms with Crippen LogP contribution in [0.1, 0.15) is 34.1 Å². The van der Waals surface area contributed by atoms with E-state index in [1.54, 1.807) is 27.7 Å². The molecule has 0 spiro atoms. The van der Waals surface area contributed by atoms with E-state index >= 15 is 0 Å². The predicted molar refractivity (Wildman–Crippen MR) is 54.0 cm³/mol. The number of carboxylic acid groups (broad SMARTS) is 1. The van der Waals surface area contributed by atoms with Gasteiger partial charge in [-0.2, -0.15) is 0 Å². The summed E-state index contributed by atoms with van der Waals surface area (Å²) >= 11 is 0. The molecule has 3 N–H and O–H groups in total. The van der Waals surface area contributed by atoms with Crippen molar-refractivity contribution >= 4 is 12.1 Å². The zero-order chi connectivity index (χ0) is 12.2. The molecule has 0 heterocycles. The van der Waals surface area contributed by atoms with E-state index in [-0.39, 0.29) is 6.42 Å². The van der Waals surface area contributed by atoms with E-state index in [4.69, 9.17) is 15.7 Å². The maximum Gasteiger partial charge on any atom is 0.425 e. The van der Waals surface area contributed by atoms with Gasteiger partial charge in [0.2, 0.25) is 0 Å². The molecule has 0 aromatic carbocycles. The molecule has 1 atom stereocenters. The van der Waals surface area contributed by atoms with Gasteiger partial charge in [0, 0.05) is 0 Å². The number of ether oxygens (including phenoxy) is 1. The first-order chi connectivity index (χ1) is 6.69. The number of rotatable bonds is 3. The summed E-state index contributed by atoms with van der Waals surface area (Å²) in [5.74, 6) is 4.21. The van der Waals surface area contributed by atoms with Crippen LogP contribution in [0, 0.1) is 0 Å². The second kappa shape index (κ2) is 4.97. The van der Waals surface area contributed by atoms with Crippen LogP contribution in [0.5, 0.6) is 0 Å². The van der Waals surface area contributed by atoms with Crippen molar-refractivity contribution in [2.75, 3.05) is 0 Å². The fourth-order valence-corrected chi connectivity index (χ4v) is 0.932. The summed E-state index contributed by atoms with van der Waals surface area (Å²) in [6, 6.07) is -1.06. The van der Waals surface area contributed by atoms with Crippen LogP contribution in [0.4, 0.5) is 4.79 Å². The quantitative estimate of drug-likeness (QED) is 0.418. The Labute approximate surface area is 89.0 Å². The zero-order valence-electron chi connectivity index (χ0n) is 9.48. The largest absolute Gasteiger partial charge is 0.480 e. The van der Waals surface area contributed by atoms with Gasteiger partial charge in [0.05, 0.1) is 0 Å². The number of carboxylic acids is 1. The van der Waals surface area contributed by atoms with Crippen LogP contribution in [0.25, 0.3) is 0 Å². The fourth-order valence-electron chi connectivity index (χ4n) is 0.932. The van der Waals surface area contributed by atoms with Crippen molar-refractivity contribution in [1.29, 1.82) is 0 Å². The number of aliphatic carboxylic acids is 1.